The Kier molecular flexibility index (Phi) is 3.42. The van der Waals surface area contributed by atoms with Crippen LogP contribution < -0.4 is 4.74 Å². The number of aryl methyl sites for hydroxylation is 1. The Balaban J connectivity index is 2.20. The van der Waals surface area contributed by atoms with E-state index in [2.05, 4.69) is 32.0 Å². The van der Waals surface area contributed by atoms with Crippen molar-refractivity contribution in [3.63, 3.8) is 0 Å². The van der Waals surface area contributed by atoms with Crippen LogP contribution in [0.15, 0.2) is 36.4 Å². The lowest BCUT2D eigenvalue weighted by atomic mass is 9.94. The summed E-state index contributed by atoms with van der Waals surface area (Å²) in [7, 11) is 1.39. The van der Waals surface area contributed by atoms with Crippen LogP contribution in [0.5, 0.6) is 5.75 Å². The summed E-state index contributed by atoms with van der Waals surface area (Å²) in [4.78, 5) is 11.8. The Morgan fingerprint density at radius 3 is 2.76 bits per heavy atom. The van der Waals surface area contributed by atoms with Crippen LogP contribution in [0.3, 0.4) is 0 Å². The topological polar surface area (TPSA) is 35.5 Å². The van der Waals surface area contributed by atoms with E-state index in [9.17, 15) is 4.79 Å². The highest BCUT2D eigenvalue weighted by atomic mass is 16.5. The van der Waals surface area contributed by atoms with Gasteiger partial charge in [-0.3, -0.25) is 0 Å². The first-order chi connectivity index (χ1) is 10.1. The zero-order valence-electron chi connectivity index (χ0n) is 12.5. The van der Waals surface area contributed by atoms with E-state index in [0.717, 1.165) is 23.3 Å². The van der Waals surface area contributed by atoms with Gasteiger partial charge in [-0.15, -0.1) is 0 Å². The summed E-state index contributed by atoms with van der Waals surface area (Å²) in [5.74, 6) is 0.488. The quantitative estimate of drug-likeness (QED) is 0.747. The van der Waals surface area contributed by atoms with E-state index in [1.54, 1.807) is 6.07 Å². The van der Waals surface area contributed by atoms with Crippen molar-refractivity contribution in [3.05, 3.63) is 53.1 Å². The van der Waals surface area contributed by atoms with Crippen molar-refractivity contribution < 1.29 is 14.3 Å². The van der Waals surface area contributed by atoms with Gasteiger partial charge in [0.05, 0.1) is 18.8 Å². The van der Waals surface area contributed by atoms with Gasteiger partial charge in [0, 0.05) is 12.0 Å². The molecular weight excluding hydrogens is 264 g/mol. The van der Waals surface area contributed by atoms with Gasteiger partial charge < -0.3 is 9.47 Å². The van der Waals surface area contributed by atoms with E-state index >= 15 is 0 Å². The van der Waals surface area contributed by atoms with Crippen molar-refractivity contribution in [2.45, 2.75) is 26.4 Å². The van der Waals surface area contributed by atoms with Crippen LogP contribution in [0.25, 0.3) is 11.1 Å². The van der Waals surface area contributed by atoms with Gasteiger partial charge in [-0.05, 0) is 43.2 Å². The maximum Gasteiger partial charge on any atom is 0.337 e. The number of carbonyl (C=O) groups excluding carboxylic acids is 1. The molecule has 0 aromatic heterocycles. The minimum absolute atomic E-state index is 0.107. The number of fused-ring (bicyclic) bond motifs is 3. The predicted molar refractivity (Wildman–Crippen MR) is 81.7 cm³/mol. The molecule has 1 heterocycles. The maximum atomic E-state index is 11.8. The summed E-state index contributed by atoms with van der Waals surface area (Å²) >= 11 is 0. The van der Waals surface area contributed by atoms with Crippen LogP contribution in [-0.2, 0) is 11.2 Å². The van der Waals surface area contributed by atoms with E-state index in [1.165, 1.54) is 18.2 Å². The van der Waals surface area contributed by atoms with Crippen molar-refractivity contribution in [1.29, 1.82) is 0 Å². The third-order valence-electron chi connectivity index (χ3n) is 3.79. The zero-order chi connectivity index (χ0) is 15.0. The summed E-state index contributed by atoms with van der Waals surface area (Å²) < 4.78 is 10.8. The Morgan fingerprint density at radius 1 is 1.19 bits per heavy atom. The molecule has 1 aliphatic heterocycles. The molecule has 3 rings (SSSR count). The van der Waals surface area contributed by atoms with Gasteiger partial charge in [-0.1, -0.05) is 23.8 Å². The van der Waals surface area contributed by atoms with Crippen molar-refractivity contribution in [3.8, 4) is 16.9 Å². The molecule has 2 aromatic carbocycles. The van der Waals surface area contributed by atoms with Crippen molar-refractivity contribution in [2.75, 3.05) is 7.11 Å². The fourth-order valence-electron chi connectivity index (χ4n) is 2.81. The van der Waals surface area contributed by atoms with E-state index in [1.807, 2.05) is 12.1 Å². The first kappa shape index (κ1) is 13.7. The Bertz CT molecular complexity index is 704. The number of carbonyl (C=O) groups is 1. The third kappa shape index (κ3) is 2.51. The molecule has 0 aliphatic carbocycles. The third-order valence-corrected chi connectivity index (χ3v) is 3.79. The fourth-order valence-corrected chi connectivity index (χ4v) is 2.81. The summed E-state index contributed by atoms with van der Waals surface area (Å²) in [6, 6.07) is 11.8. The smallest absolute Gasteiger partial charge is 0.337 e. The highest BCUT2D eigenvalue weighted by molar-refractivity contribution is 5.92. The van der Waals surface area contributed by atoms with E-state index in [0.29, 0.717) is 5.56 Å². The molecule has 0 amide bonds. The predicted octanol–water partition coefficient (Wildman–Crippen LogP) is 3.77. The molecule has 108 valence electrons. The normalized spacial score (nSPS) is 16.2. The van der Waals surface area contributed by atoms with Crippen LogP contribution in [0.2, 0.25) is 0 Å². The molecule has 0 N–H and O–H groups in total. The number of hydrogen-bond donors (Lipinski definition) is 0. The lowest BCUT2D eigenvalue weighted by Gasteiger charge is -2.13. The largest absolute Gasteiger partial charge is 0.490 e. The first-order valence-electron chi connectivity index (χ1n) is 7.07. The molecule has 0 saturated heterocycles. The minimum Gasteiger partial charge on any atom is -0.490 e. The number of methoxy groups -OCH3 is 1. The standard InChI is InChI=1S/C18H18O3/c1-11-4-6-15-14(8-11)9-12(2)21-17-7-5-13(10-16(15)17)18(19)20-3/h4-8,10,12H,9H2,1-3H3/t12-/m1/s1. The van der Waals surface area contributed by atoms with Crippen LogP contribution in [0, 0.1) is 6.92 Å². The molecule has 0 fully saturated rings. The lowest BCUT2D eigenvalue weighted by molar-refractivity contribution is 0.0601. The first-order valence-corrected chi connectivity index (χ1v) is 7.07. The van der Waals surface area contributed by atoms with Crippen LogP contribution in [-0.4, -0.2) is 19.2 Å². The fraction of sp³-hybridized carbons (Fsp3) is 0.278. The molecule has 0 unspecified atom stereocenters. The maximum absolute atomic E-state index is 11.8. The van der Waals surface area contributed by atoms with Crippen molar-refractivity contribution >= 4 is 5.97 Å². The van der Waals surface area contributed by atoms with Gasteiger partial charge >= 0.3 is 5.97 Å². The molecule has 0 radical (unpaired) electrons. The Hall–Kier alpha value is -2.29. The summed E-state index contributed by atoms with van der Waals surface area (Å²) in [5.41, 5.74) is 5.11. The molecule has 3 heteroatoms. The van der Waals surface area contributed by atoms with Gasteiger partial charge in [0.15, 0.2) is 0 Å². The van der Waals surface area contributed by atoms with Gasteiger partial charge in [0.25, 0.3) is 0 Å². The van der Waals surface area contributed by atoms with Crippen LogP contribution in [0.4, 0.5) is 0 Å². The van der Waals surface area contributed by atoms with Crippen molar-refractivity contribution in [1.82, 2.24) is 0 Å². The molecule has 1 aliphatic rings. The number of esters is 1. The molecular formula is C18H18O3. The van der Waals surface area contributed by atoms with Gasteiger partial charge in [-0.25, -0.2) is 4.79 Å². The highest BCUT2D eigenvalue weighted by Gasteiger charge is 2.21. The van der Waals surface area contributed by atoms with Crippen LogP contribution >= 0.6 is 0 Å². The molecule has 1 atom stereocenters. The number of hydrogen-bond acceptors (Lipinski definition) is 3. The average Bonchev–Trinajstić information content (AvgIpc) is 2.60. The average molecular weight is 282 g/mol. The molecule has 0 bridgehead atoms. The van der Waals surface area contributed by atoms with E-state index in [-0.39, 0.29) is 12.1 Å². The lowest BCUT2D eigenvalue weighted by Crippen LogP contribution is -2.13. The van der Waals surface area contributed by atoms with E-state index < -0.39 is 0 Å². The van der Waals surface area contributed by atoms with E-state index in [4.69, 9.17) is 9.47 Å². The SMILES string of the molecule is COC(=O)c1ccc2c(c1)-c1ccc(C)cc1C[C@@H](C)O2. The highest BCUT2D eigenvalue weighted by Crippen LogP contribution is 2.38. The summed E-state index contributed by atoms with van der Waals surface area (Å²) in [5, 5.41) is 0. The number of rotatable bonds is 1. The Labute approximate surface area is 124 Å². The monoisotopic (exact) mass is 282 g/mol. The number of ether oxygens (including phenoxy) is 2. The van der Waals surface area contributed by atoms with Gasteiger partial charge in [0.1, 0.15) is 5.75 Å². The van der Waals surface area contributed by atoms with Crippen LogP contribution in [0.1, 0.15) is 28.4 Å². The molecule has 0 spiro atoms. The molecule has 0 saturated carbocycles. The van der Waals surface area contributed by atoms with Gasteiger partial charge in [0.2, 0.25) is 0 Å². The molecule has 2 aromatic rings. The summed E-state index contributed by atoms with van der Waals surface area (Å²) in [6.07, 6.45) is 0.968. The minimum atomic E-state index is -0.330. The molecule has 21 heavy (non-hydrogen) atoms. The zero-order valence-corrected chi connectivity index (χ0v) is 12.5. The van der Waals surface area contributed by atoms with Crippen molar-refractivity contribution in [2.24, 2.45) is 0 Å². The second kappa shape index (κ2) is 5.24. The second-order valence-electron chi connectivity index (χ2n) is 5.50. The Morgan fingerprint density at radius 2 is 2.00 bits per heavy atom. The second-order valence-corrected chi connectivity index (χ2v) is 5.50. The van der Waals surface area contributed by atoms with Gasteiger partial charge in [-0.2, -0.15) is 0 Å². The molecule has 3 nitrogen and oxygen atoms in total. The summed E-state index contributed by atoms with van der Waals surface area (Å²) in [6.45, 7) is 4.15. The number of benzene rings is 2.